The summed E-state index contributed by atoms with van der Waals surface area (Å²) >= 11 is 0. The maximum Gasteiger partial charge on any atom is 0.145 e. The van der Waals surface area contributed by atoms with Gasteiger partial charge >= 0.3 is 0 Å². The van der Waals surface area contributed by atoms with Gasteiger partial charge in [-0.25, -0.2) is 0 Å². The Hall–Kier alpha value is -2.38. The molecule has 4 heteroatoms. The van der Waals surface area contributed by atoms with Crippen LogP contribution in [0, 0.1) is 11.3 Å². The van der Waals surface area contributed by atoms with E-state index in [-0.39, 0.29) is 0 Å². The SMILES string of the molecule is C[C@H](O)c1ccc(Oc2cccc(C#N)c2)cn1. The van der Waals surface area contributed by atoms with Crippen LogP contribution in [0.3, 0.4) is 0 Å². The summed E-state index contributed by atoms with van der Waals surface area (Å²) in [5.74, 6) is 1.15. The van der Waals surface area contributed by atoms with Crippen LogP contribution < -0.4 is 4.74 Å². The van der Waals surface area contributed by atoms with Crippen molar-refractivity contribution in [1.29, 1.82) is 5.26 Å². The molecule has 2 rings (SSSR count). The van der Waals surface area contributed by atoms with Gasteiger partial charge in [0.05, 0.1) is 29.6 Å². The molecule has 0 spiro atoms. The number of nitrogens with zero attached hydrogens (tertiary/aromatic N) is 2. The van der Waals surface area contributed by atoms with Crippen molar-refractivity contribution in [2.75, 3.05) is 0 Å². The Morgan fingerprint density at radius 1 is 1.28 bits per heavy atom. The highest BCUT2D eigenvalue weighted by atomic mass is 16.5. The average molecular weight is 240 g/mol. The standard InChI is InChI=1S/C14H12N2O2/c1-10(17)14-6-5-13(9-16-14)18-12-4-2-3-11(7-12)8-15/h2-7,9-10,17H,1H3/t10-/m0/s1. The highest BCUT2D eigenvalue weighted by molar-refractivity contribution is 5.38. The summed E-state index contributed by atoms with van der Waals surface area (Å²) in [5.41, 5.74) is 1.13. The fourth-order valence-corrected chi connectivity index (χ4v) is 1.46. The molecule has 0 saturated carbocycles. The number of aliphatic hydroxyl groups excluding tert-OH is 1. The minimum atomic E-state index is -0.596. The number of nitriles is 1. The van der Waals surface area contributed by atoms with Crippen LogP contribution >= 0.6 is 0 Å². The van der Waals surface area contributed by atoms with Gasteiger partial charge in [-0.2, -0.15) is 5.26 Å². The molecule has 0 aliphatic rings. The minimum Gasteiger partial charge on any atom is -0.456 e. The molecule has 1 atom stereocenters. The molecule has 1 aromatic carbocycles. The molecule has 1 N–H and O–H groups in total. The lowest BCUT2D eigenvalue weighted by molar-refractivity contribution is 0.194. The Morgan fingerprint density at radius 2 is 2.11 bits per heavy atom. The lowest BCUT2D eigenvalue weighted by atomic mass is 10.2. The number of benzene rings is 1. The minimum absolute atomic E-state index is 0.543. The van der Waals surface area contributed by atoms with Gasteiger partial charge in [-0.3, -0.25) is 4.98 Å². The number of aliphatic hydroxyl groups is 1. The summed E-state index contributed by atoms with van der Waals surface area (Å²) in [6, 6.07) is 12.4. The Kier molecular flexibility index (Phi) is 3.56. The van der Waals surface area contributed by atoms with Crippen molar-refractivity contribution >= 4 is 0 Å². The first-order valence-corrected chi connectivity index (χ1v) is 5.51. The molecule has 4 nitrogen and oxygen atoms in total. The first-order valence-electron chi connectivity index (χ1n) is 5.51. The van der Waals surface area contributed by atoms with Gasteiger partial charge in [-0.1, -0.05) is 6.07 Å². The van der Waals surface area contributed by atoms with E-state index in [1.807, 2.05) is 6.07 Å². The van der Waals surface area contributed by atoms with Crippen molar-refractivity contribution in [3.63, 3.8) is 0 Å². The molecule has 0 aliphatic heterocycles. The molecule has 1 heterocycles. The summed E-state index contributed by atoms with van der Waals surface area (Å²) < 4.78 is 5.56. The zero-order valence-corrected chi connectivity index (χ0v) is 9.87. The molecule has 18 heavy (non-hydrogen) atoms. The second-order valence-electron chi connectivity index (χ2n) is 3.84. The molecule has 0 bridgehead atoms. The topological polar surface area (TPSA) is 66.1 Å². The Labute approximate surface area is 105 Å². The van der Waals surface area contributed by atoms with Crippen molar-refractivity contribution in [1.82, 2.24) is 4.98 Å². The number of hydrogen-bond donors (Lipinski definition) is 1. The van der Waals surface area contributed by atoms with E-state index < -0.39 is 6.10 Å². The van der Waals surface area contributed by atoms with Gasteiger partial charge in [0.2, 0.25) is 0 Å². The van der Waals surface area contributed by atoms with E-state index in [0.29, 0.717) is 22.8 Å². The summed E-state index contributed by atoms with van der Waals surface area (Å²) in [5, 5.41) is 18.1. The third-order valence-corrected chi connectivity index (χ3v) is 2.39. The maximum absolute atomic E-state index is 9.33. The average Bonchev–Trinajstić information content (AvgIpc) is 2.39. The Morgan fingerprint density at radius 3 is 2.72 bits per heavy atom. The van der Waals surface area contributed by atoms with Crippen molar-refractivity contribution < 1.29 is 9.84 Å². The molecular formula is C14H12N2O2. The number of aromatic nitrogens is 1. The van der Waals surface area contributed by atoms with Gasteiger partial charge < -0.3 is 9.84 Å². The van der Waals surface area contributed by atoms with Gasteiger partial charge in [0.1, 0.15) is 11.5 Å². The van der Waals surface area contributed by atoms with Crippen LogP contribution in [0.1, 0.15) is 24.3 Å². The molecule has 0 unspecified atom stereocenters. The van der Waals surface area contributed by atoms with E-state index in [0.717, 1.165) is 0 Å². The van der Waals surface area contributed by atoms with Gasteiger partial charge in [0.25, 0.3) is 0 Å². The normalized spacial score (nSPS) is 11.6. The van der Waals surface area contributed by atoms with Crippen LogP contribution in [-0.2, 0) is 0 Å². The first-order chi connectivity index (χ1) is 8.69. The first kappa shape index (κ1) is 12.1. The van der Waals surface area contributed by atoms with E-state index in [2.05, 4.69) is 4.98 Å². The molecule has 0 fully saturated rings. The number of rotatable bonds is 3. The van der Waals surface area contributed by atoms with Gasteiger partial charge in [0.15, 0.2) is 0 Å². The monoisotopic (exact) mass is 240 g/mol. The second-order valence-corrected chi connectivity index (χ2v) is 3.84. The predicted octanol–water partition coefficient (Wildman–Crippen LogP) is 2.80. The number of ether oxygens (including phenoxy) is 1. The molecule has 0 amide bonds. The third-order valence-electron chi connectivity index (χ3n) is 2.39. The number of pyridine rings is 1. The van der Waals surface area contributed by atoms with Crippen LogP contribution in [0.25, 0.3) is 0 Å². The fraction of sp³-hybridized carbons (Fsp3) is 0.143. The molecule has 0 aliphatic carbocycles. The molecular weight excluding hydrogens is 228 g/mol. The summed E-state index contributed by atoms with van der Waals surface area (Å²) in [4.78, 5) is 4.08. The van der Waals surface area contributed by atoms with Crippen LogP contribution in [0.5, 0.6) is 11.5 Å². The van der Waals surface area contributed by atoms with Crippen molar-refractivity contribution in [3.8, 4) is 17.6 Å². The van der Waals surface area contributed by atoms with Gasteiger partial charge in [-0.05, 0) is 37.3 Å². The highest BCUT2D eigenvalue weighted by Gasteiger charge is 2.03. The Balaban J connectivity index is 2.16. The quantitative estimate of drug-likeness (QED) is 0.895. The molecule has 2 aromatic rings. The van der Waals surface area contributed by atoms with E-state index in [1.54, 1.807) is 49.5 Å². The third kappa shape index (κ3) is 2.84. The van der Waals surface area contributed by atoms with E-state index in [4.69, 9.17) is 10.00 Å². The second kappa shape index (κ2) is 5.30. The summed E-state index contributed by atoms with van der Waals surface area (Å²) in [6.07, 6.45) is 0.946. The van der Waals surface area contributed by atoms with Gasteiger partial charge in [0, 0.05) is 0 Å². The van der Waals surface area contributed by atoms with Crippen LogP contribution in [0.2, 0.25) is 0 Å². The predicted molar refractivity (Wildman–Crippen MR) is 66.1 cm³/mol. The van der Waals surface area contributed by atoms with Crippen molar-refractivity contribution in [3.05, 3.63) is 53.9 Å². The van der Waals surface area contributed by atoms with Crippen molar-refractivity contribution in [2.45, 2.75) is 13.0 Å². The zero-order chi connectivity index (χ0) is 13.0. The molecule has 0 radical (unpaired) electrons. The van der Waals surface area contributed by atoms with Crippen molar-refractivity contribution in [2.24, 2.45) is 0 Å². The van der Waals surface area contributed by atoms with Crippen LogP contribution in [-0.4, -0.2) is 10.1 Å². The molecule has 0 saturated heterocycles. The van der Waals surface area contributed by atoms with E-state index in [9.17, 15) is 5.11 Å². The van der Waals surface area contributed by atoms with E-state index in [1.165, 1.54) is 0 Å². The molecule has 1 aromatic heterocycles. The maximum atomic E-state index is 9.33. The van der Waals surface area contributed by atoms with Crippen LogP contribution in [0.4, 0.5) is 0 Å². The highest BCUT2D eigenvalue weighted by Crippen LogP contribution is 2.22. The van der Waals surface area contributed by atoms with Crippen LogP contribution in [0.15, 0.2) is 42.6 Å². The summed E-state index contributed by atoms with van der Waals surface area (Å²) in [7, 11) is 0. The largest absolute Gasteiger partial charge is 0.456 e. The lowest BCUT2D eigenvalue weighted by Crippen LogP contribution is -1.95. The fourth-order valence-electron chi connectivity index (χ4n) is 1.46. The smallest absolute Gasteiger partial charge is 0.145 e. The van der Waals surface area contributed by atoms with Gasteiger partial charge in [-0.15, -0.1) is 0 Å². The Bertz CT molecular complexity index is 571. The summed E-state index contributed by atoms with van der Waals surface area (Å²) in [6.45, 7) is 1.65. The molecule has 90 valence electrons. The number of hydrogen-bond acceptors (Lipinski definition) is 4. The lowest BCUT2D eigenvalue weighted by Gasteiger charge is -2.07. The zero-order valence-electron chi connectivity index (χ0n) is 9.87. The van der Waals surface area contributed by atoms with E-state index >= 15 is 0 Å².